The van der Waals surface area contributed by atoms with Crippen LogP contribution in [-0.2, 0) is 19.6 Å². The maximum absolute atomic E-state index is 11.9. The highest BCUT2D eigenvalue weighted by Gasteiger charge is 2.22. The minimum atomic E-state index is -3.75. The predicted molar refractivity (Wildman–Crippen MR) is 67.3 cm³/mol. The number of anilines is 1. The van der Waals surface area contributed by atoms with Gasteiger partial charge in [-0.2, -0.15) is 4.72 Å². The molecule has 3 N–H and O–H groups in total. The summed E-state index contributed by atoms with van der Waals surface area (Å²) in [6.45, 7) is 3.28. The molecule has 6 nitrogen and oxygen atoms in total. The van der Waals surface area contributed by atoms with Gasteiger partial charge in [-0.3, -0.25) is 4.79 Å². The second-order valence-corrected chi connectivity index (χ2v) is 5.38. The van der Waals surface area contributed by atoms with Crippen LogP contribution in [0.5, 0.6) is 0 Å². The lowest BCUT2D eigenvalue weighted by Gasteiger charge is -2.13. The van der Waals surface area contributed by atoms with E-state index in [4.69, 9.17) is 10.5 Å². The van der Waals surface area contributed by atoms with Crippen molar-refractivity contribution < 1.29 is 17.9 Å². The van der Waals surface area contributed by atoms with E-state index in [-0.39, 0.29) is 11.5 Å². The van der Waals surface area contributed by atoms with Crippen molar-refractivity contribution in [3.63, 3.8) is 0 Å². The number of benzene rings is 1. The van der Waals surface area contributed by atoms with Crippen LogP contribution in [-0.4, -0.2) is 27.0 Å². The van der Waals surface area contributed by atoms with Gasteiger partial charge in [-0.05, 0) is 38.1 Å². The molecule has 0 fully saturated rings. The Morgan fingerprint density at radius 1 is 1.39 bits per heavy atom. The Morgan fingerprint density at radius 3 is 2.44 bits per heavy atom. The molecule has 1 unspecified atom stereocenters. The number of carbonyl (C=O) groups excluding carboxylic acids is 1. The van der Waals surface area contributed by atoms with Crippen molar-refractivity contribution in [2.45, 2.75) is 24.8 Å². The molecule has 0 heterocycles. The third-order valence-corrected chi connectivity index (χ3v) is 3.72. The van der Waals surface area contributed by atoms with Crippen molar-refractivity contribution >= 4 is 21.7 Å². The molecule has 0 spiro atoms. The lowest BCUT2D eigenvalue weighted by molar-refractivity contribution is -0.144. The largest absolute Gasteiger partial charge is 0.465 e. The molecule has 0 amide bonds. The van der Waals surface area contributed by atoms with Gasteiger partial charge in [-0.15, -0.1) is 0 Å². The molecule has 0 aliphatic heterocycles. The van der Waals surface area contributed by atoms with E-state index >= 15 is 0 Å². The minimum Gasteiger partial charge on any atom is -0.465 e. The number of hydrogen-bond donors (Lipinski definition) is 2. The summed E-state index contributed by atoms with van der Waals surface area (Å²) in [7, 11) is -3.75. The van der Waals surface area contributed by atoms with E-state index in [9.17, 15) is 13.2 Å². The minimum absolute atomic E-state index is 0.0489. The normalized spacial score (nSPS) is 13.0. The molecule has 0 radical (unpaired) electrons. The maximum Gasteiger partial charge on any atom is 0.323 e. The number of carbonyl (C=O) groups is 1. The van der Waals surface area contributed by atoms with E-state index in [2.05, 4.69) is 4.72 Å². The van der Waals surface area contributed by atoms with E-state index in [1.54, 1.807) is 6.92 Å². The van der Waals surface area contributed by atoms with Crippen LogP contribution in [0.15, 0.2) is 29.2 Å². The summed E-state index contributed by atoms with van der Waals surface area (Å²) in [5, 5.41) is 0. The van der Waals surface area contributed by atoms with Crippen molar-refractivity contribution in [1.82, 2.24) is 4.72 Å². The number of ether oxygens (including phenoxy) is 1. The van der Waals surface area contributed by atoms with Crippen LogP contribution in [0, 0.1) is 0 Å². The van der Waals surface area contributed by atoms with Crippen LogP contribution in [0.3, 0.4) is 0 Å². The molecule has 7 heteroatoms. The Balaban J connectivity index is 2.82. The third-order valence-electron chi connectivity index (χ3n) is 2.16. The lowest BCUT2D eigenvalue weighted by Crippen LogP contribution is -2.39. The van der Waals surface area contributed by atoms with Crippen LogP contribution >= 0.6 is 0 Å². The summed E-state index contributed by atoms with van der Waals surface area (Å²) < 4.78 is 30.8. The fourth-order valence-corrected chi connectivity index (χ4v) is 2.46. The molecule has 100 valence electrons. The first-order chi connectivity index (χ1) is 8.36. The summed E-state index contributed by atoms with van der Waals surface area (Å²) in [6.07, 6.45) is 0. The Morgan fingerprint density at radius 2 is 1.94 bits per heavy atom. The number of nitrogens with one attached hydrogen (secondary N) is 1. The topological polar surface area (TPSA) is 98.5 Å². The summed E-state index contributed by atoms with van der Waals surface area (Å²) in [4.78, 5) is 11.4. The van der Waals surface area contributed by atoms with Crippen molar-refractivity contribution in [2.24, 2.45) is 0 Å². The van der Waals surface area contributed by atoms with Gasteiger partial charge in [0.1, 0.15) is 6.04 Å². The zero-order chi connectivity index (χ0) is 13.8. The number of esters is 1. The van der Waals surface area contributed by atoms with Crippen LogP contribution in [0.4, 0.5) is 5.69 Å². The zero-order valence-corrected chi connectivity index (χ0v) is 11.0. The van der Waals surface area contributed by atoms with Crippen molar-refractivity contribution in [2.75, 3.05) is 12.3 Å². The van der Waals surface area contributed by atoms with Gasteiger partial charge in [0.15, 0.2) is 0 Å². The molecule has 1 aromatic carbocycles. The van der Waals surface area contributed by atoms with Crippen molar-refractivity contribution in [1.29, 1.82) is 0 Å². The average molecular weight is 272 g/mol. The zero-order valence-electron chi connectivity index (χ0n) is 10.2. The third kappa shape index (κ3) is 3.71. The quantitative estimate of drug-likeness (QED) is 0.600. The SMILES string of the molecule is CCOC(=O)C(C)NS(=O)(=O)c1ccc(N)cc1. The van der Waals surface area contributed by atoms with Gasteiger partial charge in [-0.1, -0.05) is 0 Å². The van der Waals surface area contributed by atoms with E-state index in [0.29, 0.717) is 5.69 Å². The standard InChI is InChI=1S/C11H16N2O4S/c1-3-17-11(14)8(2)13-18(15,16)10-6-4-9(12)5-7-10/h4-8,13H,3,12H2,1-2H3. The van der Waals surface area contributed by atoms with Gasteiger partial charge in [0.05, 0.1) is 11.5 Å². The first-order valence-electron chi connectivity index (χ1n) is 5.41. The van der Waals surface area contributed by atoms with Crippen LogP contribution in [0.1, 0.15) is 13.8 Å². The maximum atomic E-state index is 11.9. The van der Waals surface area contributed by atoms with Gasteiger partial charge >= 0.3 is 5.97 Å². The Labute approximate surface area is 106 Å². The van der Waals surface area contributed by atoms with Crippen molar-refractivity contribution in [3.05, 3.63) is 24.3 Å². The summed E-state index contributed by atoms with van der Waals surface area (Å²) in [5.74, 6) is -0.614. The van der Waals surface area contributed by atoms with E-state index in [0.717, 1.165) is 0 Å². The molecule has 1 atom stereocenters. The van der Waals surface area contributed by atoms with E-state index in [1.165, 1.54) is 31.2 Å². The molecular formula is C11H16N2O4S. The Kier molecular flexibility index (Phi) is 4.69. The molecule has 0 saturated heterocycles. The smallest absolute Gasteiger partial charge is 0.323 e. The highest BCUT2D eigenvalue weighted by molar-refractivity contribution is 7.89. The number of nitrogen functional groups attached to an aromatic ring is 1. The average Bonchev–Trinajstić information content (AvgIpc) is 2.29. The van der Waals surface area contributed by atoms with Gasteiger partial charge in [0, 0.05) is 5.69 Å². The summed E-state index contributed by atoms with van der Waals surface area (Å²) in [6, 6.07) is 4.76. The molecule has 0 aliphatic rings. The Bertz CT molecular complexity index is 510. The highest BCUT2D eigenvalue weighted by atomic mass is 32.2. The lowest BCUT2D eigenvalue weighted by atomic mass is 10.3. The van der Waals surface area contributed by atoms with E-state index < -0.39 is 22.0 Å². The molecule has 0 aliphatic carbocycles. The molecule has 0 bridgehead atoms. The van der Waals surface area contributed by atoms with Gasteiger partial charge < -0.3 is 10.5 Å². The summed E-state index contributed by atoms with van der Waals surface area (Å²) >= 11 is 0. The molecule has 0 saturated carbocycles. The van der Waals surface area contributed by atoms with E-state index in [1.807, 2.05) is 0 Å². The van der Waals surface area contributed by atoms with Crippen LogP contribution in [0.25, 0.3) is 0 Å². The van der Waals surface area contributed by atoms with Gasteiger partial charge in [0.25, 0.3) is 0 Å². The fourth-order valence-electron chi connectivity index (χ4n) is 1.26. The van der Waals surface area contributed by atoms with Gasteiger partial charge in [0.2, 0.25) is 10.0 Å². The first-order valence-corrected chi connectivity index (χ1v) is 6.89. The fraction of sp³-hybridized carbons (Fsp3) is 0.364. The predicted octanol–water partition coefficient (Wildman–Crippen LogP) is 0.499. The van der Waals surface area contributed by atoms with Crippen molar-refractivity contribution in [3.8, 4) is 0 Å². The second-order valence-electron chi connectivity index (χ2n) is 3.66. The van der Waals surface area contributed by atoms with Crippen LogP contribution < -0.4 is 10.5 Å². The number of sulfonamides is 1. The van der Waals surface area contributed by atoms with Gasteiger partial charge in [-0.25, -0.2) is 8.42 Å². The summed E-state index contributed by atoms with van der Waals surface area (Å²) in [5.41, 5.74) is 5.93. The first kappa shape index (κ1) is 14.5. The molecular weight excluding hydrogens is 256 g/mol. The molecule has 0 aromatic heterocycles. The monoisotopic (exact) mass is 272 g/mol. The van der Waals surface area contributed by atoms with Crippen LogP contribution in [0.2, 0.25) is 0 Å². The number of rotatable bonds is 5. The highest BCUT2D eigenvalue weighted by Crippen LogP contribution is 2.12. The number of hydrogen-bond acceptors (Lipinski definition) is 5. The molecule has 1 aromatic rings. The second kappa shape index (κ2) is 5.83. The Hall–Kier alpha value is -1.60. The number of nitrogens with two attached hydrogens (primary N) is 1. The molecule has 1 rings (SSSR count). The molecule has 18 heavy (non-hydrogen) atoms.